The molecule has 6 heteroatoms. The molecule has 1 aromatic heterocycles. The van der Waals surface area contributed by atoms with Gasteiger partial charge in [-0.2, -0.15) is 0 Å². The lowest BCUT2D eigenvalue weighted by atomic mass is 9.97. The Balaban J connectivity index is 1.66. The van der Waals surface area contributed by atoms with Crippen molar-refractivity contribution in [2.75, 3.05) is 13.7 Å². The summed E-state index contributed by atoms with van der Waals surface area (Å²) in [5.74, 6) is 1.31. The largest absolute Gasteiger partial charge is 0.493 e. The molecule has 0 saturated heterocycles. The molecule has 178 valence electrons. The van der Waals surface area contributed by atoms with Crippen molar-refractivity contribution in [2.24, 2.45) is 5.92 Å². The summed E-state index contributed by atoms with van der Waals surface area (Å²) in [7, 11) is 1.58. The molecule has 2 heterocycles. The van der Waals surface area contributed by atoms with Gasteiger partial charge in [-0.1, -0.05) is 62.4 Å². The minimum absolute atomic E-state index is 0.0914. The molecule has 35 heavy (non-hydrogen) atoms. The summed E-state index contributed by atoms with van der Waals surface area (Å²) < 4.78 is 17.5. The minimum Gasteiger partial charge on any atom is -0.493 e. The zero-order valence-electron chi connectivity index (χ0n) is 20.0. The summed E-state index contributed by atoms with van der Waals surface area (Å²) in [6, 6.07) is 21.7. The van der Waals surface area contributed by atoms with Crippen molar-refractivity contribution in [3.8, 4) is 11.5 Å². The molecule has 0 spiro atoms. The Kier molecular flexibility index (Phi) is 6.03. The van der Waals surface area contributed by atoms with Crippen molar-refractivity contribution < 1.29 is 18.7 Å². The van der Waals surface area contributed by atoms with Crippen molar-refractivity contribution >= 4 is 16.9 Å². The number of benzene rings is 3. The van der Waals surface area contributed by atoms with Crippen molar-refractivity contribution in [3.05, 3.63) is 105 Å². The van der Waals surface area contributed by atoms with Crippen LogP contribution >= 0.6 is 0 Å². The molecule has 0 aliphatic carbocycles. The van der Waals surface area contributed by atoms with Crippen LogP contribution in [0.2, 0.25) is 0 Å². The molecule has 0 saturated carbocycles. The van der Waals surface area contributed by atoms with Crippen LogP contribution in [0.3, 0.4) is 0 Å². The third-order valence-corrected chi connectivity index (χ3v) is 6.14. The highest BCUT2D eigenvalue weighted by atomic mass is 16.5. The second-order valence-corrected chi connectivity index (χ2v) is 9.11. The maximum atomic E-state index is 13.7. The maximum absolute atomic E-state index is 13.7. The Morgan fingerprint density at radius 1 is 0.943 bits per heavy atom. The third kappa shape index (κ3) is 4.16. The van der Waals surface area contributed by atoms with E-state index < -0.39 is 6.04 Å². The molecule has 1 amide bonds. The molecule has 0 fully saturated rings. The van der Waals surface area contributed by atoms with Gasteiger partial charge >= 0.3 is 0 Å². The second kappa shape index (κ2) is 9.29. The number of methoxy groups -OCH3 is 1. The standard InChI is InChI=1S/C29H27NO5/c1-18(2)17-34-23-14-13-20(15-24(23)33-3)26-25-27(31)21-11-7-8-12-22(21)35-28(25)29(32)30(26)16-19-9-5-4-6-10-19/h4-15,18,26H,16-17H2,1-3H3. The molecule has 0 radical (unpaired) electrons. The van der Waals surface area contributed by atoms with Crippen LogP contribution in [-0.2, 0) is 6.54 Å². The minimum atomic E-state index is -0.619. The molecule has 3 aromatic carbocycles. The number of carbonyl (C=O) groups excluding carboxylic acids is 1. The van der Waals surface area contributed by atoms with Gasteiger partial charge in [-0.25, -0.2) is 0 Å². The fourth-order valence-electron chi connectivity index (χ4n) is 4.49. The molecule has 5 rings (SSSR count). The number of hydrogen-bond acceptors (Lipinski definition) is 5. The van der Waals surface area contributed by atoms with Crippen LogP contribution in [0.1, 0.15) is 47.1 Å². The van der Waals surface area contributed by atoms with E-state index in [1.165, 1.54) is 0 Å². The monoisotopic (exact) mass is 469 g/mol. The van der Waals surface area contributed by atoms with Crippen LogP contribution in [0.4, 0.5) is 0 Å². The normalized spacial score (nSPS) is 15.0. The molecule has 0 bridgehead atoms. The van der Waals surface area contributed by atoms with E-state index in [9.17, 15) is 9.59 Å². The van der Waals surface area contributed by atoms with E-state index in [0.29, 0.717) is 47.1 Å². The summed E-state index contributed by atoms with van der Waals surface area (Å²) >= 11 is 0. The summed E-state index contributed by atoms with van der Waals surface area (Å²) in [6.07, 6.45) is 0. The number of carbonyl (C=O) groups is 1. The van der Waals surface area contributed by atoms with E-state index in [0.717, 1.165) is 11.1 Å². The average molecular weight is 470 g/mol. The Labute approximate surface area is 203 Å². The van der Waals surface area contributed by atoms with Gasteiger partial charge in [0.25, 0.3) is 5.91 Å². The first-order chi connectivity index (χ1) is 17.0. The van der Waals surface area contributed by atoms with E-state index in [2.05, 4.69) is 13.8 Å². The molecule has 1 aliphatic heterocycles. The molecule has 0 N–H and O–H groups in total. The summed E-state index contributed by atoms with van der Waals surface area (Å²) in [5.41, 5.74) is 2.26. The van der Waals surface area contributed by atoms with Crippen molar-refractivity contribution in [1.82, 2.24) is 4.90 Å². The number of rotatable bonds is 7. The quantitative estimate of drug-likeness (QED) is 0.353. The van der Waals surface area contributed by atoms with Gasteiger partial charge in [0.2, 0.25) is 5.76 Å². The number of nitrogens with zero attached hydrogens (tertiary/aromatic N) is 1. The molecule has 1 aliphatic rings. The summed E-state index contributed by atoms with van der Waals surface area (Å²) in [5, 5.41) is 0.453. The van der Waals surface area contributed by atoms with Gasteiger partial charge in [0, 0.05) is 6.54 Å². The van der Waals surface area contributed by atoms with Crippen molar-refractivity contribution in [3.63, 3.8) is 0 Å². The molecule has 1 unspecified atom stereocenters. The smallest absolute Gasteiger partial charge is 0.291 e. The van der Waals surface area contributed by atoms with E-state index in [4.69, 9.17) is 13.9 Å². The van der Waals surface area contributed by atoms with Gasteiger partial charge in [-0.15, -0.1) is 0 Å². The Hall–Kier alpha value is -4.06. The van der Waals surface area contributed by atoms with Crippen molar-refractivity contribution in [2.45, 2.75) is 26.4 Å². The first-order valence-corrected chi connectivity index (χ1v) is 11.7. The Morgan fingerprint density at radius 2 is 1.69 bits per heavy atom. The highest BCUT2D eigenvalue weighted by molar-refractivity contribution is 5.99. The van der Waals surface area contributed by atoms with Gasteiger partial charge in [-0.05, 0) is 41.3 Å². The summed E-state index contributed by atoms with van der Waals surface area (Å²) in [4.78, 5) is 29.0. The molecular weight excluding hydrogens is 442 g/mol. The first-order valence-electron chi connectivity index (χ1n) is 11.7. The van der Waals surface area contributed by atoms with Gasteiger partial charge in [0.05, 0.1) is 30.7 Å². The van der Waals surface area contributed by atoms with Crippen LogP contribution in [0.15, 0.2) is 82.0 Å². The van der Waals surface area contributed by atoms with Crippen LogP contribution in [0.5, 0.6) is 11.5 Å². The molecule has 6 nitrogen and oxygen atoms in total. The number of amides is 1. The van der Waals surface area contributed by atoms with Crippen LogP contribution in [-0.4, -0.2) is 24.5 Å². The third-order valence-electron chi connectivity index (χ3n) is 6.14. The number of hydrogen-bond donors (Lipinski definition) is 0. The highest BCUT2D eigenvalue weighted by Gasteiger charge is 2.43. The fraction of sp³-hybridized carbons (Fsp3) is 0.241. The highest BCUT2D eigenvalue weighted by Crippen LogP contribution is 2.41. The van der Waals surface area contributed by atoms with Gasteiger partial charge in [-0.3, -0.25) is 9.59 Å². The number of fused-ring (bicyclic) bond motifs is 2. The Bertz CT molecular complexity index is 1440. The van der Waals surface area contributed by atoms with E-state index in [1.807, 2.05) is 48.5 Å². The number of ether oxygens (including phenoxy) is 2. The zero-order chi connectivity index (χ0) is 24.5. The van der Waals surface area contributed by atoms with Gasteiger partial charge in [0.1, 0.15) is 5.58 Å². The van der Waals surface area contributed by atoms with Gasteiger partial charge in [0.15, 0.2) is 16.9 Å². The molecule has 4 aromatic rings. The Morgan fingerprint density at radius 3 is 2.43 bits per heavy atom. The SMILES string of the molecule is COc1cc(C2c3c(oc4ccccc4c3=O)C(=O)N2Cc2ccccc2)ccc1OCC(C)C. The van der Waals surface area contributed by atoms with E-state index in [-0.39, 0.29) is 17.1 Å². The summed E-state index contributed by atoms with van der Waals surface area (Å²) in [6.45, 7) is 5.04. The van der Waals surface area contributed by atoms with Crippen LogP contribution in [0.25, 0.3) is 11.0 Å². The lowest BCUT2D eigenvalue weighted by molar-refractivity contribution is 0.0714. The molecular formula is C29H27NO5. The topological polar surface area (TPSA) is 69.0 Å². The second-order valence-electron chi connectivity index (χ2n) is 9.11. The van der Waals surface area contributed by atoms with Crippen molar-refractivity contribution in [1.29, 1.82) is 0 Å². The zero-order valence-corrected chi connectivity index (χ0v) is 20.0. The predicted molar refractivity (Wildman–Crippen MR) is 134 cm³/mol. The average Bonchev–Trinajstić information content (AvgIpc) is 3.15. The number of para-hydroxylation sites is 1. The maximum Gasteiger partial charge on any atom is 0.291 e. The first kappa shape index (κ1) is 22.7. The predicted octanol–water partition coefficient (Wildman–Crippen LogP) is 5.58. The lowest BCUT2D eigenvalue weighted by Crippen LogP contribution is -2.29. The molecule has 1 atom stereocenters. The van der Waals surface area contributed by atoms with E-state index >= 15 is 0 Å². The fourth-order valence-corrected chi connectivity index (χ4v) is 4.49. The van der Waals surface area contributed by atoms with Crippen LogP contribution < -0.4 is 14.9 Å². The van der Waals surface area contributed by atoms with Gasteiger partial charge < -0.3 is 18.8 Å². The van der Waals surface area contributed by atoms with Crippen LogP contribution in [0, 0.1) is 5.92 Å². The van der Waals surface area contributed by atoms with E-state index in [1.54, 1.807) is 36.3 Å². The lowest BCUT2D eigenvalue weighted by Gasteiger charge is -2.26.